The van der Waals surface area contributed by atoms with Crippen LogP contribution in [-0.2, 0) is 0 Å². The van der Waals surface area contributed by atoms with E-state index in [2.05, 4.69) is 137 Å². The molecule has 430 valence electrons. The molecular weight excluding hydrogens is 1130 g/mol. The highest BCUT2D eigenvalue weighted by Crippen LogP contribution is 2.44. The van der Waals surface area contributed by atoms with Crippen LogP contribution in [-0.4, -0.2) is 54.0 Å². The number of aromatic nitrogens is 11. The van der Waals surface area contributed by atoms with Gasteiger partial charge in [0.25, 0.3) is 0 Å². The molecule has 0 aliphatic rings. The lowest BCUT2D eigenvalue weighted by atomic mass is 9.98. The van der Waals surface area contributed by atoms with E-state index in [1.165, 1.54) is 0 Å². The highest BCUT2D eigenvalue weighted by Gasteiger charge is 2.25. The average Bonchev–Trinajstić information content (AvgIpc) is 1.56. The molecule has 0 spiro atoms. The van der Waals surface area contributed by atoms with Crippen LogP contribution < -0.4 is 0 Å². The molecule has 0 bridgehead atoms. The van der Waals surface area contributed by atoms with Crippen LogP contribution in [0, 0.1) is 0 Å². The van der Waals surface area contributed by atoms with Crippen LogP contribution in [0.3, 0.4) is 0 Å². The smallest absolute Gasteiger partial charge is 0.166 e. The van der Waals surface area contributed by atoms with Crippen LogP contribution in [0.2, 0.25) is 0 Å². The zero-order valence-electron chi connectivity index (χ0n) is 49.4. The standard InChI is InChI=1S/C81H51N11/c1-8-25-52(26-9-1)73-82-74(53-27-10-2-11-28-53)86-79(85-73)59-43-46-64-65-47-44-60(80-87-75(54-29-12-3-13-30-54)83-76(88-80)55-31-14-4-15-32-55)51-71(65)92(70(64)50-59)69-48-45-58(62-40-24-41-66-63-39-22-23-42-68(63)91(72(62)66)61-37-20-7-21-38-61)49-67(69)81-89-77(56-33-16-5-17-34-56)84-78(90-81)57-35-18-6-19-36-57/h1-51H. The fraction of sp³-hybridized carbons (Fsp3) is 0. The molecule has 92 heavy (non-hydrogen) atoms. The average molecular weight is 1180 g/mol. The van der Waals surface area contributed by atoms with Gasteiger partial charge in [-0.3, -0.25) is 0 Å². The number of fused-ring (bicyclic) bond motifs is 6. The van der Waals surface area contributed by atoms with E-state index in [4.69, 9.17) is 44.9 Å². The molecule has 0 radical (unpaired) electrons. The summed E-state index contributed by atoms with van der Waals surface area (Å²) in [4.78, 5) is 47.4. The molecule has 0 N–H and O–H groups in total. The van der Waals surface area contributed by atoms with Gasteiger partial charge in [-0.05, 0) is 48.0 Å². The maximum absolute atomic E-state index is 5.52. The summed E-state index contributed by atoms with van der Waals surface area (Å²) in [5.41, 5.74) is 15.5. The van der Waals surface area contributed by atoms with Crippen LogP contribution in [0.1, 0.15) is 0 Å². The van der Waals surface area contributed by atoms with E-state index in [-0.39, 0.29) is 0 Å². The fourth-order valence-corrected chi connectivity index (χ4v) is 12.5. The first-order valence-corrected chi connectivity index (χ1v) is 30.5. The van der Waals surface area contributed by atoms with Crippen molar-refractivity contribution in [1.29, 1.82) is 0 Å². The first-order valence-electron chi connectivity index (χ1n) is 30.5. The SMILES string of the molecule is c1ccc(-c2nc(-c3ccccc3)nc(-c3ccc4c5ccc(-c6nc(-c7ccccc7)nc(-c7ccccc7)n6)cc5n(-c5ccc(-c6cccc7c8ccccc8n(-c8ccccc8)c67)cc5-c5nc(-c6ccccc6)nc(-c6ccccc6)n5)c4c3)n2)cc1. The predicted molar refractivity (Wildman–Crippen MR) is 370 cm³/mol. The normalized spacial score (nSPS) is 11.5. The zero-order chi connectivity index (χ0) is 60.9. The van der Waals surface area contributed by atoms with Crippen molar-refractivity contribution < 1.29 is 0 Å². The molecule has 12 aromatic carbocycles. The van der Waals surface area contributed by atoms with Crippen LogP contribution in [0.15, 0.2) is 309 Å². The molecule has 11 nitrogen and oxygen atoms in total. The van der Waals surface area contributed by atoms with Gasteiger partial charge >= 0.3 is 0 Å². The molecule has 0 saturated carbocycles. The van der Waals surface area contributed by atoms with Gasteiger partial charge in [0.15, 0.2) is 52.4 Å². The van der Waals surface area contributed by atoms with Crippen molar-refractivity contribution in [3.63, 3.8) is 0 Å². The van der Waals surface area contributed by atoms with Gasteiger partial charge in [0.1, 0.15) is 0 Å². The molecule has 0 aliphatic heterocycles. The van der Waals surface area contributed by atoms with Gasteiger partial charge in [0, 0.05) is 82.9 Å². The number of benzene rings is 12. The molecular formula is C81H51N11. The second-order valence-corrected chi connectivity index (χ2v) is 22.5. The molecule has 0 fully saturated rings. The molecule has 5 aromatic heterocycles. The maximum Gasteiger partial charge on any atom is 0.166 e. The monoisotopic (exact) mass is 1180 g/mol. The van der Waals surface area contributed by atoms with E-state index < -0.39 is 0 Å². The fourth-order valence-electron chi connectivity index (χ4n) is 12.5. The third-order valence-electron chi connectivity index (χ3n) is 16.9. The van der Waals surface area contributed by atoms with E-state index in [9.17, 15) is 0 Å². The van der Waals surface area contributed by atoms with Gasteiger partial charge in [-0.2, -0.15) is 0 Å². The molecule has 5 heterocycles. The summed E-state index contributed by atoms with van der Waals surface area (Å²) in [5.74, 6) is 4.90. The Hall–Kier alpha value is -12.7. The summed E-state index contributed by atoms with van der Waals surface area (Å²) in [6.07, 6.45) is 0. The van der Waals surface area contributed by atoms with Crippen molar-refractivity contribution in [2.75, 3.05) is 0 Å². The molecule has 17 aromatic rings. The Morgan fingerprint density at radius 3 is 0.924 bits per heavy atom. The van der Waals surface area contributed by atoms with Gasteiger partial charge in [0.2, 0.25) is 0 Å². The molecule has 0 saturated heterocycles. The second-order valence-electron chi connectivity index (χ2n) is 22.5. The van der Waals surface area contributed by atoms with E-state index >= 15 is 0 Å². The lowest BCUT2D eigenvalue weighted by molar-refractivity contribution is 1.06. The minimum Gasteiger partial charge on any atom is -0.309 e. The van der Waals surface area contributed by atoms with Crippen molar-refractivity contribution >= 4 is 43.6 Å². The Balaban J connectivity index is 0.974. The minimum atomic E-state index is 0.489. The molecule has 0 amide bonds. The Kier molecular flexibility index (Phi) is 13.2. The number of nitrogens with zero attached hydrogens (tertiary/aromatic N) is 11. The molecule has 0 unspecified atom stereocenters. The van der Waals surface area contributed by atoms with Gasteiger partial charge in [-0.15, -0.1) is 0 Å². The molecule has 11 heteroatoms. The number of rotatable bonds is 12. The van der Waals surface area contributed by atoms with Crippen LogP contribution in [0.4, 0.5) is 0 Å². The topological polar surface area (TPSA) is 126 Å². The third kappa shape index (κ3) is 9.70. The highest BCUT2D eigenvalue weighted by molar-refractivity contribution is 6.15. The van der Waals surface area contributed by atoms with Crippen molar-refractivity contribution in [3.8, 4) is 125 Å². The number of hydrogen-bond donors (Lipinski definition) is 0. The maximum atomic E-state index is 5.52. The Labute approximate surface area is 529 Å². The van der Waals surface area contributed by atoms with Crippen LogP contribution in [0.25, 0.3) is 169 Å². The number of para-hydroxylation sites is 3. The van der Waals surface area contributed by atoms with Crippen LogP contribution >= 0.6 is 0 Å². The Morgan fingerprint density at radius 1 is 0.185 bits per heavy atom. The zero-order valence-corrected chi connectivity index (χ0v) is 49.4. The minimum absolute atomic E-state index is 0.489. The third-order valence-corrected chi connectivity index (χ3v) is 16.9. The highest BCUT2D eigenvalue weighted by atomic mass is 15.1. The first-order chi connectivity index (χ1) is 45.6. The van der Waals surface area contributed by atoms with E-state index in [1.807, 2.05) is 182 Å². The first kappa shape index (κ1) is 53.5. The van der Waals surface area contributed by atoms with Crippen LogP contribution in [0.5, 0.6) is 0 Å². The quantitative estimate of drug-likeness (QED) is 0.118. The van der Waals surface area contributed by atoms with Gasteiger partial charge in [-0.1, -0.05) is 267 Å². The van der Waals surface area contributed by atoms with E-state index in [0.29, 0.717) is 52.4 Å². The largest absolute Gasteiger partial charge is 0.309 e. The summed E-state index contributed by atoms with van der Waals surface area (Å²) in [5, 5.41) is 4.30. The van der Waals surface area contributed by atoms with Gasteiger partial charge in [-0.25, -0.2) is 44.9 Å². The number of hydrogen-bond acceptors (Lipinski definition) is 9. The van der Waals surface area contributed by atoms with Crippen molar-refractivity contribution in [1.82, 2.24) is 54.0 Å². The molecule has 0 aliphatic carbocycles. The second kappa shape index (κ2) is 22.8. The lowest BCUT2D eigenvalue weighted by Gasteiger charge is -2.18. The Bertz CT molecular complexity index is 5250. The lowest BCUT2D eigenvalue weighted by Crippen LogP contribution is -2.05. The Morgan fingerprint density at radius 2 is 0.511 bits per heavy atom. The van der Waals surface area contributed by atoms with E-state index in [0.717, 1.165) is 116 Å². The summed E-state index contributed by atoms with van der Waals surface area (Å²) in [6, 6.07) is 106. The predicted octanol–water partition coefficient (Wildman–Crippen LogP) is 19.1. The summed E-state index contributed by atoms with van der Waals surface area (Å²) < 4.78 is 4.72. The van der Waals surface area contributed by atoms with Gasteiger partial charge in [0.05, 0.1) is 27.8 Å². The molecule has 0 atom stereocenters. The van der Waals surface area contributed by atoms with Crippen molar-refractivity contribution in [2.45, 2.75) is 0 Å². The van der Waals surface area contributed by atoms with E-state index in [1.54, 1.807) is 0 Å². The summed E-state index contributed by atoms with van der Waals surface area (Å²) in [6.45, 7) is 0. The summed E-state index contributed by atoms with van der Waals surface area (Å²) in [7, 11) is 0. The molecule has 17 rings (SSSR count). The summed E-state index contributed by atoms with van der Waals surface area (Å²) >= 11 is 0. The van der Waals surface area contributed by atoms with Crippen molar-refractivity contribution in [3.05, 3.63) is 309 Å². The van der Waals surface area contributed by atoms with Gasteiger partial charge < -0.3 is 9.13 Å². The van der Waals surface area contributed by atoms with Crippen molar-refractivity contribution in [2.24, 2.45) is 0 Å².